The van der Waals surface area contributed by atoms with Gasteiger partial charge in [-0.1, -0.05) is 18.2 Å². The molecule has 0 bridgehead atoms. The van der Waals surface area contributed by atoms with Crippen LogP contribution in [0.1, 0.15) is 24.3 Å². The molecule has 4 rings (SSSR count). The van der Waals surface area contributed by atoms with E-state index in [0.29, 0.717) is 6.42 Å². The van der Waals surface area contributed by atoms with E-state index in [9.17, 15) is 9.59 Å². The molecule has 3 aliphatic rings. The molecule has 2 heterocycles. The number of esters is 1. The van der Waals surface area contributed by atoms with Crippen molar-refractivity contribution in [3.05, 3.63) is 29.8 Å². The van der Waals surface area contributed by atoms with Crippen molar-refractivity contribution in [1.29, 1.82) is 0 Å². The molecule has 0 aromatic heterocycles. The number of amides is 1. The lowest BCUT2D eigenvalue weighted by atomic mass is 9.54. The van der Waals surface area contributed by atoms with E-state index >= 15 is 0 Å². The van der Waals surface area contributed by atoms with Gasteiger partial charge in [0.25, 0.3) is 0 Å². The summed E-state index contributed by atoms with van der Waals surface area (Å²) in [5.41, 5.74) is 1.71. The summed E-state index contributed by atoms with van der Waals surface area (Å²) in [6.07, 6.45) is 1.19. The second kappa shape index (κ2) is 2.94. The van der Waals surface area contributed by atoms with Gasteiger partial charge in [-0.25, -0.2) is 0 Å². The number of hydrogen-bond donors (Lipinski definition) is 0. The SMILES string of the molecule is CN1C(=O)[C@@H]2[C@@H](C[C@@]23CC(=O)O3)c2ccccc21. The van der Waals surface area contributed by atoms with Crippen LogP contribution in [0.4, 0.5) is 5.69 Å². The van der Waals surface area contributed by atoms with E-state index in [0.717, 1.165) is 12.1 Å². The maximum Gasteiger partial charge on any atom is 0.310 e. The predicted molar refractivity (Wildman–Crippen MR) is 64.1 cm³/mol. The highest BCUT2D eigenvalue weighted by atomic mass is 16.6. The Labute approximate surface area is 105 Å². The first-order valence-corrected chi connectivity index (χ1v) is 6.21. The maximum atomic E-state index is 12.4. The van der Waals surface area contributed by atoms with Crippen molar-refractivity contribution in [3.8, 4) is 0 Å². The van der Waals surface area contributed by atoms with Crippen LogP contribution in [0.25, 0.3) is 0 Å². The summed E-state index contributed by atoms with van der Waals surface area (Å²) in [6.45, 7) is 0. The van der Waals surface area contributed by atoms with Crippen molar-refractivity contribution in [3.63, 3.8) is 0 Å². The summed E-state index contributed by atoms with van der Waals surface area (Å²) in [6, 6.07) is 7.99. The number of benzene rings is 1. The summed E-state index contributed by atoms with van der Waals surface area (Å²) in [5.74, 6) is -0.0479. The summed E-state index contributed by atoms with van der Waals surface area (Å²) in [7, 11) is 1.80. The molecule has 0 N–H and O–H groups in total. The summed E-state index contributed by atoms with van der Waals surface area (Å²) in [5, 5.41) is 0. The fourth-order valence-electron chi connectivity index (χ4n) is 3.69. The molecule has 4 heteroatoms. The van der Waals surface area contributed by atoms with Crippen LogP contribution in [0.15, 0.2) is 24.3 Å². The second-order valence-corrected chi connectivity index (χ2v) is 5.46. The third-order valence-electron chi connectivity index (χ3n) is 4.59. The summed E-state index contributed by atoms with van der Waals surface area (Å²) < 4.78 is 5.28. The molecule has 0 radical (unpaired) electrons. The molecule has 3 atom stereocenters. The standard InChI is InChI=1S/C14H13NO3/c1-15-10-5-3-2-4-8(10)9-6-14(7-11(16)18-14)12(9)13(15)17/h2-5,9,12H,6-7H2,1H3/t9-,12-,14+/m0/s1. The van der Waals surface area contributed by atoms with E-state index in [1.54, 1.807) is 11.9 Å². The van der Waals surface area contributed by atoms with E-state index in [4.69, 9.17) is 4.74 Å². The zero-order valence-electron chi connectivity index (χ0n) is 10.1. The molecule has 1 aliphatic carbocycles. The van der Waals surface area contributed by atoms with Crippen LogP contribution in [0.5, 0.6) is 0 Å². The quantitative estimate of drug-likeness (QED) is 0.648. The Kier molecular flexibility index (Phi) is 1.65. The first-order chi connectivity index (χ1) is 8.62. The molecule has 4 nitrogen and oxygen atoms in total. The summed E-state index contributed by atoms with van der Waals surface area (Å²) >= 11 is 0. The monoisotopic (exact) mass is 243 g/mol. The molecule has 1 aromatic carbocycles. The third-order valence-corrected chi connectivity index (χ3v) is 4.59. The van der Waals surface area contributed by atoms with Gasteiger partial charge in [-0.15, -0.1) is 0 Å². The van der Waals surface area contributed by atoms with E-state index in [1.165, 1.54) is 5.56 Å². The number of ether oxygens (including phenoxy) is 1. The number of carbonyl (C=O) groups is 2. The Bertz CT molecular complexity index is 572. The zero-order chi connectivity index (χ0) is 12.5. The van der Waals surface area contributed by atoms with Crippen molar-refractivity contribution in [2.24, 2.45) is 5.92 Å². The lowest BCUT2D eigenvalue weighted by Gasteiger charge is -2.60. The number of anilines is 1. The van der Waals surface area contributed by atoms with Crippen molar-refractivity contribution >= 4 is 17.6 Å². The molecular weight excluding hydrogens is 230 g/mol. The molecular formula is C14H13NO3. The van der Waals surface area contributed by atoms with Crippen molar-refractivity contribution in [2.75, 3.05) is 11.9 Å². The molecule has 2 aliphatic heterocycles. The molecule has 1 spiro atoms. The smallest absolute Gasteiger partial charge is 0.310 e. The van der Waals surface area contributed by atoms with E-state index in [1.807, 2.05) is 18.2 Å². The Morgan fingerprint density at radius 3 is 2.78 bits per heavy atom. The number of nitrogens with zero attached hydrogens (tertiary/aromatic N) is 1. The first-order valence-electron chi connectivity index (χ1n) is 6.21. The summed E-state index contributed by atoms with van der Waals surface area (Å²) in [4.78, 5) is 25.2. The average Bonchev–Trinajstić information content (AvgIpc) is 2.30. The van der Waals surface area contributed by atoms with Gasteiger partial charge in [-0.05, 0) is 18.1 Å². The largest absolute Gasteiger partial charge is 0.457 e. The van der Waals surface area contributed by atoms with Gasteiger partial charge in [0.05, 0.1) is 12.3 Å². The fourth-order valence-corrected chi connectivity index (χ4v) is 3.69. The first kappa shape index (κ1) is 10.1. The second-order valence-electron chi connectivity index (χ2n) is 5.46. The van der Waals surface area contributed by atoms with Crippen LogP contribution in [0.3, 0.4) is 0 Å². The number of carbonyl (C=O) groups excluding carboxylic acids is 2. The Balaban J connectivity index is 1.78. The predicted octanol–water partition coefficient (Wildman–Crippen LogP) is 1.45. The van der Waals surface area contributed by atoms with Gasteiger partial charge in [0.2, 0.25) is 5.91 Å². The van der Waals surface area contributed by atoms with E-state index in [2.05, 4.69) is 6.07 Å². The van der Waals surface area contributed by atoms with Crippen LogP contribution in [0, 0.1) is 5.92 Å². The van der Waals surface area contributed by atoms with Crippen LogP contribution < -0.4 is 4.90 Å². The number of para-hydroxylation sites is 1. The lowest BCUT2D eigenvalue weighted by Crippen LogP contribution is -2.68. The van der Waals surface area contributed by atoms with Gasteiger partial charge in [-0.2, -0.15) is 0 Å². The molecule has 1 aromatic rings. The highest BCUT2D eigenvalue weighted by Gasteiger charge is 2.68. The molecule has 1 amide bonds. The number of hydrogen-bond acceptors (Lipinski definition) is 3. The van der Waals surface area contributed by atoms with E-state index < -0.39 is 5.60 Å². The highest BCUT2D eigenvalue weighted by Crippen LogP contribution is 2.61. The Hall–Kier alpha value is -1.84. The Morgan fingerprint density at radius 2 is 2.06 bits per heavy atom. The zero-order valence-corrected chi connectivity index (χ0v) is 10.1. The number of rotatable bonds is 0. The molecule has 92 valence electrons. The molecule has 1 saturated heterocycles. The molecule has 2 fully saturated rings. The average molecular weight is 243 g/mol. The van der Waals surface area contributed by atoms with E-state index in [-0.39, 0.29) is 23.7 Å². The van der Waals surface area contributed by atoms with Gasteiger partial charge in [0.1, 0.15) is 5.60 Å². The lowest BCUT2D eigenvalue weighted by molar-refractivity contribution is -0.229. The fraction of sp³-hybridized carbons (Fsp3) is 0.429. The molecule has 1 saturated carbocycles. The van der Waals surface area contributed by atoms with Crippen molar-refractivity contribution in [2.45, 2.75) is 24.4 Å². The van der Waals surface area contributed by atoms with Crippen LogP contribution in [-0.4, -0.2) is 24.5 Å². The van der Waals surface area contributed by atoms with Gasteiger partial charge in [0, 0.05) is 18.7 Å². The van der Waals surface area contributed by atoms with Gasteiger partial charge in [0.15, 0.2) is 0 Å². The van der Waals surface area contributed by atoms with Crippen LogP contribution >= 0.6 is 0 Å². The van der Waals surface area contributed by atoms with Crippen LogP contribution in [-0.2, 0) is 14.3 Å². The van der Waals surface area contributed by atoms with Crippen molar-refractivity contribution < 1.29 is 14.3 Å². The topological polar surface area (TPSA) is 46.6 Å². The molecule has 0 unspecified atom stereocenters. The minimum absolute atomic E-state index is 0.0810. The Morgan fingerprint density at radius 1 is 1.33 bits per heavy atom. The third kappa shape index (κ3) is 0.975. The van der Waals surface area contributed by atoms with Crippen molar-refractivity contribution in [1.82, 2.24) is 0 Å². The minimum Gasteiger partial charge on any atom is -0.457 e. The van der Waals surface area contributed by atoms with Gasteiger partial charge in [-0.3, -0.25) is 9.59 Å². The number of fused-ring (bicyclic) bond motifs is 4. The minimum atomic E-state index is -0.485. The van der Waals surface area contributed by atoms with Gasteiger partial charge < -0.3 is 9.64 Å². The van der Waals surface area contributed by atoms with Crippen LogP contribution in [0.2, 0.25) is 0 Å². The highest BCUT2D eigenvalue weighted by molar-refractivity contribution is 6.01. The van der Waals surface area contributed by atoms with Gasteiger partial charge >= 0.3 is 5.97 Å². The normalized spacial score (nSPS) is 36.4. The molecule has 18 heavy (non-hydrogen) atoms. The maximum absolute atomic E-state index is 12.4.